The molecule has 6 aliphatic heterocycles. The second kappa shape index (κ2) is 26.1. The lowest BCUT2D eigenvalue weighted by Gasteiger charge is -2.31. The van der Waals surface area contributed by atoms with E-state index in [2.05, 4.69) is 31.9 Å². The van der Waals surface area contributed by atoms with E-state index in [1.54, 1.807) is 36.2 Å². The van der Waals surface area contributed by atoms with E-state index in [-0.39, 0.29) is 85.9 Å². The fourth-order valence-electron chi connectivity index (χ4n) is 11.7. The first-order valence-corrected chi connectivity index (χ1v) is 30.4. The molecule has 6 amide bonds. The summed E-state index contributed by atoms with van der Waals surface area (Å²) < 4.78 is 18.5. The van der Waals surface area contributed by atoms with Crippen LogP contribution < -0.4 is 51.8 Å². The molecular formula is C67H55Cl3N8O18. The Hall–Kier alpha value is -11.0. The largest absolute Gasteiger partial charge is 0.508 e. The van der Waals surface area contributed by atoms with E-state index < -0.39 is 152 Å². The van der Waals surface area contributed by atoms with Crippen molar-refractivity contribution in [3.8, 4) is 80.1 Å². The summed E-state index contributed by atoms with van der Waals surface area (Å²) in [6, 6.07) is 14.1. The van der Waals surface area contributed by atoms with Gasteiger partial charge in [0.2, 0.25) is 41.2 Å². The lowest BCUT2D eigenvalue weighted by Crippen LogP contribution is -2.55. The van der Waals surface area contributed by atoms with Crippen LogP contribution in [0.3, 0.4) is 0 Å². The number of aliphatic hydroxyl groups excluding tert-OH is 1. The number of hydrogen-bond acceptors (Lipinski definition) is 19. The van der Waals surface area contributed by atoms with Crippen LogP contribution in [0.4, 0.5) is 0 Å². The maximum absolute atomic E-state index is 16.0. The van der Waals surface area contributed by atoms with Crippen LogP contribution in [0.5, 0.6) is 69.0 Å². The number of rotatable bonds is 5. The molecule has 0 aliphatic carbocycles. The van der Waals surface area contributed by atoms with Gasteiger partial charge in [0.1, 0.15) is 82.6 Å². The fourth-order valence-corrected chi connectivity index (χ4v) is 12.3. The van der Waals surface area contributed by atoms with Gasteiger partial charge in [-0.1, -0.05) is 71.2 Å². The summed E-state index contributed by atoms with van der Waals surface area (Å²) in [7, 11) is 1.64. The number of nitrogens with one attached hydrogen (secondary N) is 6. The van der Waals surface area contributed by atoms with Crippen LogP contribution >= 0.6 is 34.8 Å². The maximum atomic E-state index is 16.0. The summed E-state index contributed by atoms with van der Waals surface area (Å²) in [5, 5.41) is 109. The number of aliphatic hydroxyl groups is 1. The van der Waals surface area contributed by atoms with Gasteiger partial charge in [0.25, 0.3) is 0 Å². The Morgan fingerprint density at radius 2 is 1.12 bits per heavy atom. The number of aromatic hydroxyl groups is 6. The Bertz CT molecular complexity index is 4580. The Labute approximate surface area is 558 Å². The normalized spacial score (nSPS) is 20.9. The first-order valence-electron chi connectivity index (χ1n) is 29.2. The van der Waals surface area contributed by atoms with E-state index in [4.69, 9.17) is 54.7 Å². The molecule has 0 radical (unpaired) electrons. The molecule has 29 heteroatoms. The Balaban J connectivity index is 1.06. The van der Waals surface area contributed by atoms with Crippen molar-refractivity contribution < 1.29 is 88.6 Å². The van der Waals surface area contributed by atoms with Gasteiger partial charge in [-0.3, -0.25) is 33.7 Å². The molecule has 0 saturated carbocycles. The third-order valence-corrected chi connectivity index (χ3v) is 17.4. The highest BCUT2D eigenvalue weighted by molar-refractivity contribution is 6.32. The van der Waals surface area contributed by atoms with Crippen molar-refractivity contribution in [2.45, 2.75) is 67.9 Å². The molecule has 96 heavy (non-hydrogen) atoms. The Morgan fingerprint density at radius 1 is 0.531 bits per heavy atom. The van der Waals surface area contributed by atoms with Gasteiger partial charge in [-0.2, -0.15) is 0 Å². The number of halogens is 3. The molecule has 8 aromatic rings. The zero-order chi connectivity index (χ0) is 68.3. The number of hydrogen-bond donors (Lipinski definition) is 15. The average Bonchev–Trinajstić information content (AvgIpc) is 0.762. The summed E-state index contributed by atoms with van der Waals surface area (Å²) in [6.45, 7) is -0.0295. The van der Waals surface area contributed by atoms with Crippen molar-refractivity contribution in [1.82, 2.24) is 36.8 Å². The summed E-state index contributed by atoms with van der Waals surface area (Å²) in [5.41, 5.74) is 4.90. The number of nitrogens with two attached hydrogens (primary N) is 1. The van der Waals surface area contributed by atoms with E-state index in [0.29, 0.717) is 10.6 Å². The maximum Gasteiger partial charge on any atom is 0.330 e. The zero-order valence-corrected chi connectivity index (χ0v) is 52.0. The molecule has 26 nitrogen and oxygen atoms in total. The van der Waals surface area contributed by atoms with Gasteiger partial charge in [-0.15, -0.1) is 0 Å². The number of phenolic OH excluding ortho intramolecular Hbond substituents is 6. The number of carboxylic acid groups (broad SMARTS) is 1. The number of aliphatic carboxylic acids is 1. The van der Waals surface area contributed by atoms with Crippen LogP contribution in [0.15, 0.2) is 133 Å². The molecular weight excluding hydrogens is 1310 g/mol. The molecule has 14 rings (SSSR count). The molecule has 0 fully saturated rings. The number of benzene rings is 8. The Kier molecular flexibility index (Phi) is 17.7. The van der Waals surface area contributed by atoms with Crippen LogP contribution in [0, 0.1) is 0 Å². The minimum absolute atomic E-state index is 0.114. The van der Waals surface area contributed by atoms with Crippen molar-refractivity contribution in [1.29, 1.82) is 0 Å². The molecule has 8 aromatic carbocycles. The van der Waals surface area contributed by atoms with Crippen LogP contribution in [0.2, 0.25) is 15.1 Å². The third-order valence-electron chi connectivity index (χ3n) is 16.5. The van der Waals surface area contributed by atoms with Crippen molar-refractivity contribution in [3.05, 3.63) is 199 Å². The van der Waals surface area contributed by atoms with E-state index in [0.717, 1.165) is 60.2 Å². The number of amides is 6. The highest BCUT2D eigenvalue weighted by Gasteiger charge is 2.42. The lowest BCUT2D eigenvalue weighted by molar-refractivity contribution is -0.143. The minimum atomic E-state index is -2.24. The van der Waals surface area contributed by atoms with E-state index in [9.17, 15) is 55.2 Å². The molecule has 0 aromatic heterocycles. The summed E-state index contributed by atoms with van der Waals surface area (Å²) >= 11 is 19.9. The molecule has 16 N–H and O–H groups in total. The van der Waals surface area contributed by atoms with Gasteiger partial charge >= 0.3 is 5.97 Å². The van der Waals surface area contributed by atoms with Gasteiger partial charge in [-0.25, -0.2) is 4.79 Å². The number of carbonyl (C=O) groups excluding carboxylic acids is 6. The van der Waals surface area contributed by atoms with Crippen molar-refractivity contribution in [2.24, 2.45) is 5.73 Å². The average molecular weight is 1370 g/mol. The molecule has 17 bridgehead atoms. The van der Waals surface area contributed by atoms with E-state index in [1.807, 2.05) is 0 Å². The SMILES string of the molecule is CN(Cc1ccc(Cl)cc1)Cc1c(O)cc2c(c1O)-c1cc(ccc1O)[C@@H]1NC(=O)[C@H]3NC(=O)[C@H]4NC(=O)[C@H](Cc5ccc(c(Cl)c5)Oc5cc3cc(c5O)Oc3ccc(cc3Cl)C(O)[C@H](NC1=O)C(=O)N[C@@H]2C(=O)O)NC(=O)[C@@H](N)c1ccc(O)c(c1)Oc1cc(O)cc4c1. The summed E-state index contributed by atoms with van der Waals surface area (Å²) in [5.74, 6) is -15.0. The smallest absolute Gasteiger partial charge is 0.330 e. The number of nitrogens with zero attached hydrogens (tertiary/aromatic N) is 1. The molecule has 1 unspecified atom stereocenters. The second-order valence-corrected chi connectivity index (χ2v) is 24.4. The van der Waals surface area contributed by atoms with E-state index >= 15 is 19.2 Å². The van der Waals surface area contributed by atoms with Crippen LogP contribution in [-0.4, -0.2) is 106 Å². The van der Waals surface area contributed by atoms with Crippen molar-refractivity contribution in [2.75, 3.05) is 7.05 Å². The topological polar surface area (TPSA) is 410 Å². The molecule has 492 valence electrons. The number of carbonyl (C=O) groups is 7. The molecule has 6 heterocycles. The number of fused-ring (bicyclic) bond motifs is 14. The van der Waals surface area contributed by atoms with Crippen LogP contribution in [0.25, 0.3) is 11.1 Å². The van der Waals surface area contributed by atoms with Gasteiger partial charge in [0.15, 0.2) is 29.0 Å². The quantitative estimate of drug-likeness (QED) is 0.0805. The monoisotopic (exact) mass is 1360 g/mol. The number of phenols is 6. The highest BCUT2D eigenvalue weighted by Crippen LogP contribution is 2.49. The summed E-state index contributed by atoms with van der Waals surface area (Å²) in [4.78, 5) is 106. The highest BCUT2D eigenvalue weighted by atomic mass is 35.5. The van der Waals surface area contributed by atoms with Gasteiger partial charge in [-0.05, 0) is 137 Å². The van der Waals surface area contributed by atoms with Crippen LogP contribution in [-0.2, 0) is 53.1 Å². The standard InChI is InChI=1S/C67H55Cl3N8O18/c1-78(25-27-2-8-34(68)9-3-27)26-39-45(82)24-38-51(59(39)84)37-18-30(6-10-43(37)80)53-63(88)77-57(66(91)76-56(38)67(92)93)58(83)31-7-13-47(41(70)19-31)96-50-22-33-21-49(60(50)85)95-46-12-4-28(14-40(46)69)15-42-61(86)73-54(64(89)75-55(33)65(90)74-53)32-16-35(79)23-36(17-32)94-48-20-29(5-11-44(48)81)52(71)62(87)72-42/h2-14,16-24,42,52-58,79-85H,15,25-26,71H2,1H3,(H,72,87)(H,73,86)(H,74,90)(H,75,89)(H,76,91)(H,77,88)(H,92,93)/t42-,52-,53-,54-,55-,56-,57-,58?/m0/s1. The van der Waals surface area contributed by atoms with Crippen molar-refractivity contribution >= 4 is 76.2 Å². The molecule has 0 spiro atoms. The van der Waals surface area contributed by atoms with Gasteiger partial charge in [0.05, 0.1) is 15.6 Å². The second-order valence-electron chi connectivity index (χ2n) is 23.2. The third kappa shape index (κ3) is 13.0. The predicted molar refractivity (Wildman–Crippen MR) is 342 cm³/mol. The minimum Gasteiger partial charge on any atom is -0.508 e. The first-order chi connectivity index (χ1) is 45.7. The molecule has 8 atom stereocenters. The zero-order valence-electron chi connectivity index (χ0n) is 49.8. The lowest BCUT2D eigenvalue weighted by atomic mass is 9.88. The van der Waals surface area contributed by atoms with Crippen LogP contribution in [0.1, 0.15) is 86.4 Å². The number of ether oxygens (including phenoxy) is 3. The molecule has 0 saturated heterocycles. The van der Waals surface area contributed by atoms with Crippen molar-refractivity contribution in [3.63, 3.8) is 0 Å². The fraction of sp³-hybridized carbons (Fsp3) is 0.179. The summed E-state index contributed by atoms with van der Waals surface area (Å²) in [6.07, 6.45) is -2.51. The first kappa shape index (κ1) is 65.1. The predicted octanol–water partition coefficient (Wildman–Crippen LogP) is 7.27. The Morgan fingerprint density at radius 3 is 1.79 bits per heavy atom. The van der Waals surface area contributed by atoms with Gasteiger partial charge in [0, 0.05) is 47.3 Å². The molecule has 6 aliphatic rings. The van der Waals surface area contributed by atoms with Gasteiger partial charge < -0.3 is 92.7 Å². The van der Waals surface area contributed by atoms with E-state index in [1.165, 1.54) is 54.6 Å². The number of carboxylic acids is 1.